The standard InChI is InChI=1S/C34H41N9O4/c44-33(36-26-7-3-24(4-8-26)11-16-40-14-1-2-15-40)37-27-9-5-25(6-10-27)30-38-31(41-19-21-47-22-20-41)29-23-35-43(32(29)39-30)28-12-17-42(18-13-28)34(45)46/h3-10,23,28H,1-2,11-22H2,(H,45,46)(H2,36,37,44). The van der Waals surface area contributed by atoms with Crippen molar-refractivity contribution in [2.24, 2.45) is 0 Å². The van der Waals surface area contributed by atoms with Crippen LogP contribution in [0.25, 0.3) is 22.4 Å². The molecule has 3 amide bonds. The van der Waals surface area contributed by atoms with Gasteiger partial charge in [-0.3, -0.25) is 0 Å². The summed E-state index contributed by atoms with van der Waals surface area (Å²) in [6.07, 6.45) is 5.87. The minimum absolute atomic E-state index is 0.0413. The van der Waals surface area contributed by atoms with Crippen molar-refractivity contribution in [3.05, 3.63) is 60.3 Å². The van der Waals surface area contributed by atoms with Crippen LogP contribution < -0.4 is 15.5 Å². The van der Waals surface area contributed by atoms with E-state index in [0.29, 0.717) is 63.7 Å². The van der Waals surface area contributed by atoms with Gasteiger partial charge in [0.2, 0.25) is 0 Å². The molecule has 3 saturated heterocycles. The van der Waals surface area contributed by atoms with Gasteiger partial charge in [-0.15, -0.1) is 0 Å². The van der Waals surface area contributed by atoms with E-state index in [9.17, 15) is 14.7 Å². The van der Waals surface area contributed by atoms with Crippen LogP contribution in [-0.4, -0.2) is 106 Å². The summed E-state index contributed by atoms with van der Waals surface area (Å²) < 4.78 is 7.53. The molecule has 4 aromatic rings. The first-order valence-electron chi connectivity index (χ1n) is 16.6. The normalized spacial score (nSPS) is 17.7. The Morgan fingerprint density at radius 3 is 2.17 bits per heavy atom. The van der Waals surface area contributed by atoms with Gasteiger partial charge >= 0.3 is 12.1 Å². The van der Waals surface area contributed by atoms with Gasteiger partial charge in [-0.2, -0.15) is 5.10 Å². The summed E-state index contributed by atoms with van der Waals surface area (Å²) in [6, 6.07) is 15.3. The minimum atomic E-state index is -0.888. The summed E-state index contributed by atoms with van der Waals surface area (Å²) in [4.78, 5) is 40.4. The molecule has 13 heteroatoms. The molecule has 47 heavy (non-hydrogen) atoms. The summed E-state index contributed by atoms with van der Waals surface area (Å²) in [5, 5.41) is 20.8. The Kier molecular flexibility index (Phi) is 9.16. The fraction of sp³-hybridized carbons (Fsp3) is 0.441. The molecule has 7 rings (SSSR count). The fourth-order valence-electron chi connectivity index (χ4n) is 6.67. The van der Waals surface area contributed by atoms with E-state index in [1.807, 2.05) is 47.3 Å². The molecule has 5 heterocycles. The average molecular weight is 640 g/mol. The van der Waals surface area contributed by atoms with Crippen LogP contribution >= 0.6 is 0 Å². The molecule has 0 spiro atoms. The lowest BCUT2D eigenvalue weighted by Gasteiger charge is -2.30. The number of carbonyl (C=O) groups excluding carboxylic acids is 1. The third-order valence-electron chi connectivity index (χ3n) is 9.35. The number of carbonyl (C=O) groups is 2. The van der Waals surface area contributed by atoms with E-state index >= 15 is 0 Å². The maximum atomic E-state index is 12.8. The van der Waals surface area contributed by atoms with Gasteiger partial charge in [-0.1, -0.05) is 12.1 Å². The van der Waals surface area contributed by atoms with Crippen molar-refractivity contribution in [2.75, 3.05) is 74.6 Å². The first kappa shape index (κ1) is 30.9. The molecule has 0 radical (unpaired) electrons. The van der Waals surface area contributed by atoms with E-state index in [2.05, 4.69) is 32.6 Å². The average Bonchev–Trinajstić information content (AvgIpc) is 3.79. The molecule has 2 aromatic carbocycles. The number of fused-ring (bicyclic) bond motifs is 1. The molecule has 0 bridgehead atoms. The second-order valence-electron chi connectivity index (χ2n) is 12.4. The number of ether oxygens (including phenoxy) is 1. The number of hydrogen-bond acceptors (Lipinski definition) is 8. The number of piperidine rings is 1. The molecule has 0 saturated carbocycles. The van der Waals surface area contributed by atoms with Crippen LogP contribution in [0.15, 0.2) is 54.7 Å². The zero-order valence-electron chi connectivity index (χ0n) is 26.5. The highest BCUT2D eigenvalue weighted by atomic mass is 16.5. The first-order chi connectivity index (χ1) is 23.0. The summed E-state index contributed by atoms with van der Waals surface area (Å²) >= 11 is 0. The van der Waals surface area contributed by atoms with Gasteiger partial charge in [0, 0.05) is 49.7 Å². The van der Waals surface area contributed by atoms with Gasteiger partial charge in [0.15, 0.2) is 11.5 Å². The minimum Gasteiger partial charge on any atom is -0.465 e. The van der Waals surface area contributed by atoms with Crippen LogP contribution in [0.1, 0.15) is 37.3 Å². The van der Waals surface area contributed by atoms with Gasteiger partial charge in [0.25, 0.3) is 0 Å². The number of morpholine rings is 1. The zero-order valence-corrected chi connectivity index (χ0v) is 26.5. The smallest absolute Gasteiger partial charge is 0.407 e. The molecule has 3 fully saturated rings. The van der Waals surface area contributed by atoms with E-state index in [1.54, 1.807) is 0 Å². The van der Waals surface area contributed by atoms with E-state index in [1.165, 1.54) is 36.4 Å². The lowest BCUT2D eigenvalue weighted by Crippen LogP contribution is -2.38. The number of anilines is 3. The monoisotopic (exact) mass is 639 g/mol. The summed E-state index contributed by atoms with van der Waals surface area (Å²) in [6.45, 7) is 7.06. The van der Waals surface area contributed by atoms with Crippen molar-refractivity contribution < 1.29 is 19.4 Å². The van der Waals surface area contributed by atoms with Gasteiger partial charge < -0.3 is 35.2 Å². The Balaban J connectivity index is 1.05. The Labute approximate surface area is 273 Å². The van der Waals surface area contributed by atoms with E-state index in [-0.39, 0.29) is 12.1 Å². The number of rotatable bonds is 8. The fourth-order valence-corrected chi connectivity index (χ4v) is 6.67. The van der Waals surface area contributed by atoms with Gasteiger partial charge in [0.05, 0.1) is 30.8 Å². The van der Waals surface area contributed by atoms with Gasteiger partial charge in [0.1, 0.15) is 5.82 Å². The van der Waals surface area contributed by atoms with Crippen molar-refractivity contribution in [1.29, 1.82) is 0 Å². The molecule has 3 aliphatic heterocycles. The molecule has 246 valence electrons. The van der Waals surface area contributed by atoms with Crippen molar-refractivity contribution in [3.8, 4) is 11.4 Å². The Morgan fingerprint density at radius 2 is 1.51 bits per heavy atom. The Hall–Kier alpha value is -4.75. The second-order valence-corrected chi connectivity index (χ2v) is 12.4. The summed E-state index contributed by atoms with van der Waals surface area (Å²) in [7, 11) is 0. The second kappa shape index (κ2) is 13.9. The van der Waals surface area contributed by atoms with Crippen LogP contribution in [0.3, 0.4) is 0 Å². The lowest BCUT2D eigenvalue weighted by atomic mass is 10.1. The van der Waals surface area contributed by atoms with Crippen LogP contribution in [0, 0.1) is 0 Å². The number of nitrogens with one attached hydrogen (secondary N) is 2. The maximum absolute atomic E-state index is 12.8. The number of aromatic nitrogens is 4. The van der Waals surface area contributed by atoms with Gasteiger partial charge in [-0.05, 0) is 87.2 Å². The highest BCUT2D eigenvalue weighted by Crippen LogP contribution is 2.32. The zero-order chi connectivity index (χ0) is 32.2. The van der Waals surface area contributed by atoms with E-state index in [0.717, 1.165) is 41.1 Å². The molecule has 13 nitrogen and oxygen atoms in total. The SMILES string of the molecule is O=C(Nc1ccc(CCN2CCCC2)cc1)Nc1ccc(-c2nc(N3CCOCC3)c3cnn(C4CCN(C(=O)O)CC4)c3n2)cc1. The Morgan fingerprint density at radius 1 is 0.851 bits per heavy atom. The number of likely N-dealkylation sites (tertiary alicyclic amines) is 2. The maximum Gasteiger partial charge on any atom is 0.407 e. The van der Waals surface area contributed by atoms with Crippen LogP contribution in [0.5, 0.6) is 0 Å². The third kappa shape index (κ3) is 7.15. The van der Waals surface area contributed by atoms with Crippen molar-refractivity contribution in [2.45, 2.75) is 38.1 Å². The van der Waals surface area contributed by atoms with Crippen LogP contribution in [0.2, 0.25) is 0 Å². The number of hydrogen-bond donors (Lipinski definition) is 3. The molecule has 3 N–H and O–H groups in total. The van der Waals surface area contributed by atoms with Crippen LogP contribution in [0.4, 0.5) is 26.8 Å². The largest absolute Gasteiger partial charge is 0.465 e. The Bertz CT molecular complexity index is 1690. The summed E-state index contributed by atoms with van der Waals surface area (Å²) in [5.74, 6) is 1.37. The lowest BCUT2D eigenvalue weighted by molar-refractivity contribution is 0.122. The van der Waals surface area contributed by atoms with Crippen LogP contribution in [-0.2, 0) is 11.2 Å². The highest BCUT2D eigenvalue weighted by Gasteiger charge is 2.27. The molecule has 0 atom stereocenters. The van der Waals surface area contributed by atoms with E-state index < -0.39 is 6.09 Å². The summed E-state index contributed by atoms with van der Waals surface area (Å²) in [5.41, 5.74) is 4.20. The molecule has 0 aliphatic carbocycles. The quantitative estimate of drug-likeness (QED) is 0.245. The number of amides is 3. The van der Waals surface area contributed by atoms with Crippen molar-refractivity contribution in [1.82, 2.24) is 29.5 Å². The predicted octanol–water partition coefficient (Wildman–Crippen LogP) is 4.93. The predicted molar refractivity (Wildman–Crippen MR) is 180 cm³/mol. The number of urea groups is 1. The first-order valence-corrected chi connectivity index (χ1v) is 16.6. The number of benzene rings is 2. The third-order valence-corrected chi connectivity index (χ3v) is 9.35. The van der Waals surface area contributed by atoms with Gasteiger partial charge in [-0.25, -0.2) is 24.2 Å². The molecule has 2 aromatic heterocycles. The number of carboxylic acid groups (broad SMARTS) is 1. The van der Waals surface area contributed by atoms with Crippen molar-refractivity contribution in [3.63, 3.8) is 0 Å². The van der Waals surface area contributed by atoms with Crippen molar-refractivity contribution >= 4 is 40.4 Å². The topological polar surface area (TPSA) is 141 Å². The van der Waals surface area contributed by atoms with E-state index in [4.69, 9.17) is 19.8 Å². The number of nitrogens with zero attached hydrogens (tertiary/aromatic N) is 7. The highest BCUT2D eigenvalue weighted by molar-refractivity contribution is 6.00. The molecule has 3 aliphatic rings. The molecular formula is C34H41N9O4. The molecular weight excluding hydrogens is 598 g/mol. The molecule has 0 unspecified atom stereocenters.